The molecule has 25 heavy (non-hydrogen) atoms. The molecule has 2 aromatic rings. The van der Waals surface area contributed by atoms with Crippen molar-refractivity contribution in [2.45, 2.75) is 40.2 Å². The molecule has 1 aliphatic rings. The van der Waals surface area contributed by atoms with Crippen LogP contribution in [0, 0.1) is 5.92 Å². The van der Waals surface area contributed by atoms with E-state index in [0.717, 1.165) is 48.6 Å². The number of carbonyl (C=O) groups excluding carboxylic acids is 1. The highest BCUT2D eigenvalue weighted by atomic mass is 16.2. The Hall–Kier alpha value is -2.50. The summed E-state index contributed by atoms with van der Waals surface area (Å²) in [6.45, 7) is 8.17. The molecule has 0 bridgehead atoms. The Balaban J connectivity index is 1.95. The first-order valence-corrected chi connectivity index (χ1v) is 8.84. The van der Waals surface area contributed by atoms with Crippen LogP contribution in [0.4, 0.5) is 5.82 Å². The number of fused-ring (bicyclic) bond motifs is 1. The Morgan fingerprint density at radius 2 is 2.20 bits per heavy atom. The van der Waals surface area contributed by atoms with E-state index in [0.29, 0.717) is 18.3 Å². The molecule has 1 aliphatic heterocycles. The second-order valence-electron chi connectivity index (χ2n) is 6.86. The first-order chi connectivity index (χ1) is 12.0. The van der Waals surface area contributed by atoms with Gasteiger partial charge in [0.15, 0.2) is 5.82 Å². The summed E-state index contributed by atoms with van der Waals surface area (Å²) in [5.74, 6) is 2.27. The third-order valence-corrected chi connectivity index (χ3v) is 4.44. The number of pyridine rings is 1. The largest absolute Gasteiger partial charge is 0.370 e. The van der Waals surface area contributed by atoms with E-state index < -0.39 is 0 Å². The maximum atomic E-state index is 11.8. The zero-order chi connectivity index (χ0) is 17.8. The van der Waals surface area contributed by atoms with E-state index in [9.17, 15) is 4.79 Å². The Labute approximate surface area is 148 Å². The minimum atomic E-state index is 0.0847. The zero-order valence-electron chi connectivity index (χ0n) is 15.1. The lowest BCUT2D eigenvalue weighted by Gasteiger charge is -2.28. The highest BCUT2D eigenvalue weighted by molar-refractivity contribution is 5.74. The second kappa shape index (κ2) is 7.59. The van der Waals surface area contributed by atoms with Gasteiger partial charge in [-0.1, -0.05) is 13.8 Å². The summed E-state index contributed by atoms with van der Waals surface area (Å²) < 4.78 is 0. The maximum absolute atomic E-state index is 11.8. The van der Waals surface area contributed by atoms with Crippen molar-refractivity contribution in [1.82, 2.24) is 19.9 Å². The van der Waals surface area contributed by atoms with E-state index in [1.54, 1.807) is 19.3 Å². The molecule has 0 aromatic carbocycles. The molecular formula is C19H25N5O. The topological polar surface area (TPSA) is 71.0 Å². The van der Waals surface area contributed by atoms with E-state index >= 15 is 0 Å². The van der Waals surface area contributed by atoms with E-state index in [1.165, 1.54) is 0 Å². The molecule has 1 N–H and O–H groups in total. The molecule has 0 unspecified atom stereocenters. The lowest BCUT2D eigenvalue weighted by atomic mass is 10.0. The number of hydrogen-bond donors (Lipinski definition) is 1. The van der Waals surface area contributed by atoms with Crippen LogP contribution in [0.5, 0.6) is 0 Å². The Morgan fingerprint density at radius 3 is 2.88 bits per heavy atom. The van der Waals surface area contributed by atoms with Gasteiger partial charge in [0, 0.05) is 43.5 Å². The SMILES string of the molecule is CC(=O)N1CCc2c(nc(-c3cccnc3)nc2NCCC(C)C)C1. The van der Waals surface area contributed by atoms with Gasteiger partial charge >= 0.3 is 0 Å². The molecule has 0 radical (unpaired) electrons. The van der Waals surface area contributed by atoms with Gasteiger partial charge in [-0.15, -0.1) is 0 Å². The van der Waals surface area contributed by atoms with E-state index in [-0.39, 0.29) is 5.91 Å². The molecule has 6 nitrogen and oxygen atoms in total. The first kappa shape index (κ1) is 17.3. The number of nitrogens with zero attached hydrogens (tertiary/aromatic N) is 4. The lowest BCUT2D eigenvalue weighted by Crippen LogP contribution is -2.35. The number of amides is 1. The van der Waals surface area contributed by atoms with Crippen LogP contribution >= 0.6 is 0 Å². The van der Waals surface area contributed by atoms with Gasteiger partial charge in [0.2, 0.25) is 5.91 Å². The fraction of sp³-hybridized carbons (Fsp3) is 0.474. The minimum absolute atomic E-state index is 0.0847. The summed E-state index contributed by atoms with van der Waals surface area (Å²) in [4.78, 5) is 27.2. The summed E-state index contributed by atoms with van der Waals surface area (Å²) in [5.41, 5.74) is 2.95. The molecule has 3 heterocycles. The van der Waals surface area contributed by atoms with E-state index in [2.05, 4.69) is 24.1 Å². The van der Waals surface area contributed by atoms with Crippen molar-refractivity contribution in [3.05, 3.63) is 35.8 Å². The van der Waals surface area contributed by atoms with Crippen molar-refractivity contribution in [2.75, 3.05) is 18.4 Å². The van der Waals surface area contributed by atoms with Gasteiger partial charge in [0.05, 0.1) is 12.2 Å². The quantitative estimate of drug-likeness (QED) is 0.907. The maximum Gasteiger partial charge on any atom is 0.219 e. The molecule has 6 heteroatoms. The highest BCUT2D eigenvalue weighted by Crippen LogP contribution is 2.27. The number of carbonyl (C=O) groups is 1. The first-order valence-electron chi connectivity index (χ1n) is 8.84. The van der Waals surface area contributed by atoms with E-state index in [1.807, 2.05) is 17.0 Å². The molecule has 0 saturated carbocycles. The van der Waals surface area contributed by atoms with E-state index in [4.69, 9.17) is 9.97 Å². The fourth-order valence-corrected chi connectivity index (χ4v) is 2.95. The molecule has 3 rings (SSSR count). The zero-order valence-corrected chi connectivity index (χ0v) is 15.1. The van der Waals surface area contributed by atoms with Gasteiger partial charge in [-0.3, -0.25) is 9.78 Å². The minimum Gasteiger partial charge on any atom is -0.370 e. The van der Waals surface area contributed by atoms with Crippen molar-refractivity contribution in [2.24, 2.45) is 5.92 Å². The molecule has 0 saturated heterocycles. The van der Waals surface area contributed by atoms with Crippen molar-refractivity contribution in [3.63, 3.8) is 0 Å². The van der Waals surface area contributed by atoms with Crippen LogP contribution in [-0.4, -0.2) is 38.8 Å². The lowest BCUT2D eigenvalue weighted by molar-refractivity contribution is -0.129. The molecule has 0 fully saturated rings. The molecule has 0 atom stereocenters. The van der Waals surface area contributed by atoms with Crippen LogP contribution in [-0.2, 0) is 17.8 Å². The van der Waals surface area contributed by atoms with Gasteiger partial charge in [0.1, 0.15) is 5.82 Å². The highest BCUT2D eigenvalue weighted by Gasteiger charge is 2.24. The predicted octanol–water partition coefficient (Wildman–Crippen LogP) is 2.90. The number of nitrogens with one attached hydrogen (secondary N) is 1. The van der Waals surface area contributed by atoms with Gasteiger partial charge < -0.3 is 10.2 Å². The van der Waals surface area contributed by atoms with Crippen LogP contribution in [0.3, 0.4) is 0 Å². The van der Waals surface area contributed by atoms with Gasteiger partial charge in [-0.25, -0.2) is 9.97 Å². The summed E-state index contributed by atoms with van der Waals surface area (Å²) in [6, 6.07) is 3.84. The standard InChI is InChI=1S/C19H25N5O/c1-13(2)6-9-21-19-16-7-10-24(14(3)25)12-17(16)22-18(23-19)15-5-4-8-20-11-15/h4-5,8,11,13H,6-7,9-10,12H2,1-3H3,(H,21,22,23). The normalized spacial score (nSPS) is 13.7. The summed E-state index contributed by atoms with van der Waals surface area (Å²) in [7, 11) is 0. The van der Waals surface area contributed by atoms with Crippen LogP contribution in [0.1, 0.15) is 38.4 Å². The van der Waals surface area contributed by atoms with Crippen molar-refractivity contribution in [1.29, 1.82) is 0 Å². The van der Waals surface area contributed by atoms with Gasteiger partial charge in [-0.2, -0.15) is 0 Å². The number of rotatable bonds is 5. The van der Waals surface area contributed by atoms with Crippen molar-refractivity contribution >= 4 is 11.7 Å². The Bertz CT molecular complexity index is 745. The third kappa shape index (κ3) is 4.13. The monoisotopic (exact) mass is 339 g/mol. The second-order valence-corrected chi connectivity index (χ2v) is 6.86. The molecule has 1 amide bonds. The molecule has 0 spiro atoms. The van der Waals surface area contributed by atoms with Crippen LogP contribution in [0.25, 0.3) is 11.4 Å². The number of anilines is 1. The Kier molecular flexibility index (Phi) is 5.26. The summed E-state index contributed by atoms with van der Waals surface area (Å²) in [6.07, 6.45) is 5.37. The smallest absolute Gasteiger partial charge is 0.219 e. The van der Waals surface area contributed by atoms with Crippen LogP contribution in [0.15, 0.2) is 24.5 Å². The average Bonchev–Trinajstić information content (AvgIpc) is 2.61. The molecular weight excluding hydrogens is 314 g/mol. The summed E-state index contributed by atoms with van der Waals surface area (Å²) >= 11 is 0. The molecule has 0 aliphatic carbocycles. The molecule has 2 aromatic heterocycles. The van der Waals surface area contributed by atoms with Crippen molar-refractivity contribution in [3.8, 4) is 11.4 Å². The third-order valence-electron chi connectivity index (χ3n) is 4.44. The Morgan fingerprint density at radius 1 is 1.36 bits per heavy atom. The predicted molar refractivity (Wildman–Crippen MR) is 98.0 cm³/mol. The average molecular weight is 339 g/mol. The summed E-state index contributed by atoms with van der Waals surface area (Å²) in [5, 5.41) is 3.48. The van der Waals surface area contributed by atoms with Crippen molar-refractivity contribution < 1.29 is 4.79 Å². The van der Waals surface area contributed by atoms with Crippen LogP contribution < -0.4 is 5.32 Å². The van der Waals surface area contributed by atoms with Gasteiger partial charge in [-0.05, 0) is 30.9 Å². The molecule has 132 valence electrons. The van der Waals surface area contributed by atoms with Crippen LogP contribution in [0.2, 0.25) is 0 Å². The number of hydrogen-bond acceptors (Lipinski definition) is 5. The van der Waals surface area contributed by atoms with Gasteiger partial charge in [0.25, 0.3) is 0 Å². The fourth-order valence-electron chi connectivity index (χ4n) is 2.95. The number of aromatic nitrogens is 3.